The second-order valence-corrected chi connectivity index (χ2v) is 6.88. The standard InChI is InChI=1S/C21H20ClNO3/c1-14(2)10-11-25-18-8-6-15(7-9-18)12-19-21(24)26-20(23-19)16-4-3-5-17(22)13-16/h3-9,12-14H,10-11H2,1-2H3. The van der Waals surface area contributed by atoms with Crippen LogP contribution in [-0.4, -0.2) is 18.5 Å². The van der Waals surface area contributed by atoms with Crippen molar-refractivity contribution in [3.05, 3.63) is 70.4 Å². The first-order valence-corrected chi connectivity index (χ1v) is 8.90. The van der Waals surface area contributed by atoms with Gasteiger partial charge in [0.1, 0.15) is 5.75 Å². The smallest absolute Gasteiger partial charge is 0.363 e. The van der Waals surface area contributed by atoms with E-state index in [9.17, 15) is 4.79 Å². The molecule has 3 rings (SSSR count). The van der Waals surface area contributed by atoms with Crippen molar-refractivity contribution in [2.24, 2.45) is 10.9 Å². The van der Waals surface area contributed by atoms with Crippen LogP contribution in [0.3, 0.4) is 0 Å². The Morgan fingerprint density at radius 2 is 1.96 bits per heavy atom. The average Bonchev–Trinajstić information content (AvgIpc) is 2.97. The maximum atomic E-state index is 12.1. The highest BCUT2D eigenvalue weighted by molar-refractivity contribution is 6.31. The largest absolute Gasteiger partial charge is 0.494 e. The van der Waals surface area contributed by atoms with Gasteiger partial charge in [0.05, 0.1) is 6.61 Å². The van der Waals surface area contributed by atoms with Gasteiger partial charge in [-0.15, -0.1) is 0 Å². The Labute approximate surface area is 158 Å². The van der Waals surface area contributed by atoms with E-state index in [-0.39, 0.29) is 11.6 Å². The summed E-state index contributed by atoms with van der Waals surface area (Å²) in [6.07, 6.45) is 2.70. The lowest BCUT2D eigenvalue weighted by molar-refractivity contribution is -0.129. The number of halogens is 1. The van der Waals surface area contributed by atoms with Crippen LogP contribution >= 0.6 is 11.6 Å². The highest BCUT2D eigenvalue weighted by Gasteiger charge is 2.24. The van der Waals surface area contributed by atoms with Crippen molar-refractivity contribution in [1.82, 2.24) is 0 Å². The molecule has 134 valence electrons. The molecule has 0 amide bonds. The number of carbonyl (C=O) groups excluding carboxylic acids is 1. The van der Waals surface area contributed by atoms with Crippen molar-refractivity contribution < 1.29 is 14.3 Å². The van der Waals surface area contributed by atoms with E-state index < -0.39 is 5.97 Å². The Morgan fingerprint density at radius 3 is 2.65 bits per heavy atom. The predicted molar refractivity (Wildman–Crippen MR) is 103 cm³/mol. The van der Waals surface area contributed by atoms with Gasteiger partial charge in [-0.2, -0.15) is 0 Å². The molecule has 0 saturated carbocycles. The van der Waals surface area contributed by atoms with Gasteiger partial charge in [0.25, 0.3) is 0 Å². The van der Waals surface area contributed by atoms with E-state index in [1.54, 1.807) is 30.3 Å². The number of nitrogens with zero attached hydrogens (tertiary/aromatic N) is 1. The maximum Gasteiger partial charge on any atom is 0.363 e. The zero-order valence-electron chi connectivity index (χ0n) is 14.7. The zero-order chi connectivity index (χ0) is 18.5. The second kappa shape index (κ2) is 8.19. The summed E-state index contributed by atoms with van der Waals surface area (Å²) in [4.78, 5) is 16.3. The molecule has 2 aromatic rings. The number of hydrogen-bond donors (Lipinski definition) is 0. The molecule has 1 aliphatic rings. The summed E-state index contributed by atoms with van der Waals surface area (Å²) in [5.74, 6) is 1.21. The molecule has 0 atom stereocenters. The number of hydrogen-bond acceptors (Lipinski definition) is 4. The second-order valence-electron chi connectivity index (χ2n) is 6.45. The quantitative estimate of drug-likeness (QED) is 0.525. The summed E-state index contributed by atoms with van der Waals surface area (Å²) < 4.78 is 10.9. The number of ether oxygens (including phenoxy) is 2. The summed E-state index contributed by atoms with van der Waals surface area (Å²) in [5.41, 5.74) is 1.78. The monoisotopic (exact) mass is 369 g/mol. The highest BCUT2D eigenvalue weighted by atomic mass is 35.5. The molecule has 0 fully saturated rings. The van der Waals surface area contributed by atoms with Crippen molar-refractivity contribution in [3.8, 4) is 5.75 Å². The normalized spacial score (nSPS) is 15.3. The van der Waals surface area contributed by atoms with Gasteiger partial charge in [0.2, 0.25) is 5.90 Å². The van der Waals surface area contributed by atoms with E-state index >= 15 is 0 Å². The molecule has 4 nitrogen and oxygen atoms in total. The fourth-order valence-corrected chi connectivity index (χ4v) is 2.58. The van der Waals surface area contributed by atoms with E-state index in [0.29, 0.717) is 23.1 Å². The Morgan fingerprint density at radius 1 is 1.19 bits per heavy atom. The minimum atomic E-state index is -0.475. The third-order valence-electron chi connectivity index (χ3n) is 3.84. The molecule has 26 heavy (non-hydrogen) atoms. The van der Waals surface area contributed by atoms with E-state index in [1.807, 2.05) is 24.3 Å². The lowest BCUT2D eigenvalue weighted by Crippen LogP contribution is -2.05. The van der Waals surface area contributed by atoms with E-state index in [0.717, 1.165) is 17.7 Å². The van der Waals surface area contributed by atoms with Gasteiger partial charge in [0, 0.05) is 10.6 Å². The van der Waals surface area contributed by atoms with Gasteiger partial charge >= 0.3 is 5.97 Å². The molecule has 0 aliphatic carbocycles. The van der Waals surface area contributed by atoms with Gasteiger partial charge < -0.3 is 9.47 Å². The Kier molecular flexibility index (Phi) is 5.74. The number of aliphatic imine (C=N–C) groups is 1. The van der Waals surface area contributed by atoms with E-state index in [1.165, 1.54) is 0 Å². The molecule has 0 unspecified atom stereocenters. The molecule has 0 saturated heterocycles. The summed E-state index contributed by atoms with van der Waals surface area (Å²) in [6, 6.07) is 14.6. The minimum Gasteiger partial charge on any atom is -0.494 e. The molecule has 2 aromatic carbocycles. The molecular weight excluding hydrogens is 350 g/mol. The van der Waals surface area contributed by atoms with E-state index in [2.05, 4.69) is 18.8 Å². The van der Waals surface area contributed by atoms with Crippen LogP contribution in [0.5, 0.6) is 5.75 Å². The molecule has 1 aliphatic heterocycles. The number of benzene rings is 2. The van der Waals surface area contributed by atoms with Crippen molar-refractivity contribution >= 4 is 29.5 Å². The van der Waals surface area contributed by atoms with Crippen LogP contribution in [-0.2, 0) is 9.53 Å². The van der Waals surface area contributed by atoms with Crippen molar-refractivity contribution in [2.75, 3.05) is 6.61 Å². The first kappa shape index (κ1) is 18.2. The fourth-order valence-electron chi connectivity index (χ4n) is 2.38. The van der Waals surface area contributed by atoms with Crippen molar-refractivity contribution in [1.29, 1.82) is 0 Å². The third kappa shape index (κ3) is 4.73. The Balaban J connectivity index is 1.72. The number of esters is 1. The van der Waals surface area contributed by atoms with Crippen LogP contribution in [0, 0.1) is 5.92 Å². The number of cyclic esters (lactones) is 1. The van der Waals surface area contributed by atoms with Crippen LogP contribution in [0.1, 0.15) is 31.4 Å². The summed E-state index contributed by atoms with van der Waals surface area (Å²) in [5, 5.41) is 0.562. The van der Waals surface area contributed by atoms with Crippen molar-refractivity contribution in [3.63, 3.8) is 0 Å². The molecule has 0 N–H and O–H groups in total. The molecule has 0 bridgehead atoms. The minimum absolute atomic E-state index is 0.258. The van der Waals surface area contributed by atoms with Crippen molar-refractivity contribution in [2.45, 2.75) is 20.3 Å². The van der Waals surface area contributed by atoms with Crippen LogP contribution in [0.4, 0.5) is 0 Å². The molecule has 0 radical (unpaired) electrons. The fraction of sp³-hybridized carbons (Fsp3) is 0.238. The van der Waals surface area contributed by atoms with Gasteiger partial charge in [-0.1, -0.05) is 43.6 Å². The van der Waals surface area contributed by atoms with Gasteiger partial charge in [-0.3, -0.25) is 0 Å². The zero-order valence-corrected chi connectivity index (χ0v) is 15.5. The molecule has 5 heteroatoms. The first-order chi connectivity index (χ1) is 12.5. The number of carbonyl (C=O) groups is 1. The van der Waals surface area contributed by atoms with E-state index in [4.69, 9.17) is 21.1 Å². The lowest BCUT2D eigenvalue weighted by atomic mass is 10.1. The first-order valence-electron chi connectivity index (χ1n) is 8.52. The molecule has 0 aromatic heterocycles. The molecule has 1 heterocycles. The van der Waals surface area contributed by atoms with Crippen LogP contribution < -0.4 is 4.74 Å². The Bertz CT molecular complexity index is 854. The number of rotatable bonds is 6. The van der Waals surface area contributed by atoms with Crippen LogP contribution in [0.2, 0.25) is 5.02 Å². The van der Waals surface area contributed by atoms with Crippen LogP contribution in [0.15, 0.2) is 59.2 Å². The van der Waals surface area contributed by atoms with Gasteiger partial charge in [0.15, 0.2) is 5.70 Å². The summed E-state index contributed by atoms with van der Waals surface area (Å²) in [7, 11) is 0. The average molecular weight is 370 g/mol. The van der Waals surface area contributed by atoms with Crippen LogP contribution in [0.25, 0.3) is 6.08 Å². The SMILES string of the molecule is CC(C)CCOc1ccc(C=C2N=C(c3cccc(Cl)c3)OC2=O)cc1. The Hall–Kier alpha value is -2.59. The van der Waals surface area contributed by atoms with Gasteiger partial charge in [-0.25, -0.2) is 9.79 Å². The predicted octanol–water partition coefficient (Wildman–Crippen LogP) is 5.11. The third-order valence-corrected chi connectivity index (χ3v) is 4.07. The highest BCUT2D eigenvalue weighted by Crippen LogP contribution is 2.22. The molecular formula is C21H20ClNO3. The molecule has 0 spiro atoms. The lowest BCUT2D eigenvalue weighted by Gasteiger charge is -2.08. The summed E-state index contributed by atoms with van der Waals surface area (Å²) in [6.45, 7) is 5.02. The van der Waals surface area contributed by atoms with Gasteiger partial charge in [-0.05, 0) is 54.3 Å². The summed E-state index contributed by atoms with van der Waals surface area (Å²) >= 11 is 5.97. The maximum absolute atomic E-state index is 12.1. The topological polar surface area (TPSA) is 47.9 Å².